The Morgan fingerprint density at radius 3 is 2.20 bits per heavy atom. The maximum atomic E-state index is 12.3. The van der Waals surface area contributed by atoms with Gasteiger partial charge >= 0.3 is 12.3 Å². The minimum Gasteiger partial charge on any atom is -0.396 e. The molecule has 0 aliphatic carbocycles. The summed E-state index contributed by atoms with van der Waals surface area (Å²) in [4.78, 5) is 0. The second-order valence-electron chi connectivity index (χ2n) is 3.38. The van der Waals surface area contributed by atoms with Crippen LogP contribution in [0.15, 0.2) is 0 Å². The van der Waals surface area contributed by atoms with Crippen LogP contribution in [0.2, 0.25) is 0 Å². The highest BCUT2D eigenvalue weighted by Gasteiger charge is 2.39. The first-order chi connectivity index (χ1) is 7.00. The highest BCUT2D eigenvalue weighted by atomic mass is 19.3. The normalized spacial score (nSPS) is 12.4. The van der Waals surface area contributed by atoms with Crippen molar-refractivity contribution in [2.45, 2.75) is 38.0 Å². The van der Waals surface area contributed by atoms with Gasteiger partial charge in [-0.05, 0) is 19.4 Å². The van der Waals surface area contributed by atoms with E-state index in [4.69, 9.17) is 5.11 Å². The SMILES string of the molecule is OCCCCCCNCC(F)(F)C(F)F. The zero-order valence-electron chi connectivity index (χ0n) is 8.49. The number of rotatable bonds is 9. The molecule has 0 saturated carbocycles. The topological polar surface area (TPSA) is 32.3 Å². The van der Waals surface area contributed by atoms with Gasteiger partial charge in [-0.15, -0.1) is 0 Å². The Balaban J connectivity index is 3.31. The lowest BCUT2D eigenvalue weighted by atomic mass is 10.2. The number of alkyl halides is 4. The second kappa shape index (κ2) is 7.87. The Labute approximate surface area is 86.7 Å². The molecule has 0 spiro atoms. The lowest BCUT2D eigenvalue weighted by molar-refractivity contribution is -0.125. The van der Waals surface area contributed by atoms with Crippen molar-refractivity contribution in [1.29, 1.82) is 0 Å². The molecule has 0 aliphatic heterocycles. The fourth-order valence-corrected chi connectivity index (χ4v) is 1.05. The quantitative estimate of drug-likeness (QED) is 0.470. The largest absolute Gasteiger partial charge is 0.396 e. The van der Waals surface area contributed by atoms with Crippen LogP contribution in [0.25, 0.3) is 0 Å². The molecule has 0 aromatic carbocycles. The number of nitrogens with one attached hydrogen (secondary N) is 1. The molecule has 0 atom stereocenters. The Morgan fingerprint density at radius 2 is 1.67 bits per heavy atom. The number of unbranched alkanes of at least 4 members (excludes halogenated alkanes) is 3. The van der Waals surface area contributed by atoms with Gasteiger partial charge in [-0.2, -0.15) is 8.78 Å². The summed E-state index contributed by atoms with van der Waals surface area (Å²) in [7, 11) is 0. The van der Waals surface area contributed by atoms with E-state index < -0.39 is 18.9 Å². The van der Waals surface area contributed by atoms with Crippen molar-refractivity contribution in [3.63, 3.8) is 0 Å². The van der Waals surface area contributed by atoms with Gasteiger partial charge in [-0.3, -0.25) is 0 Å². The van der Waals surface area contributed by atoms with Gasteiger partial charge in [0.25, 0.3) is 0 Å². The van der Waals surface area contributed by atoms with Crippen molar-refractivity contribution >= 4 is 0 Å². The van der Waals surface area contributed by atoms with Crippen LogP contribution in [0.3, 0.4) is 0 Å². The van der Waals surface area contributed by atoms with Crippen LogP contribution in [0.1, 0.15) is 25.7 Å². The molecule has 0 saturated heterocycles. The molecular formula is C9H17F4NO. The van der Waals surface area contributed by atoms with E-state index in [1.165, 1.54) is 0 Å². The van der Waals surface area contributed by atoms with Gasteiger partial charge in [0, 0.05) is 6.61 Å². The fraction of sp³-hybridized carbons (Fsp3) is 1.00. The summed E-state index contributed by atoms with van der Waals surface area (Å²) in [6.45, 7) is -0.560. The minimum atomic E-state index is -3.94. The van der Waals surface area contributed by atoms with Gasteiger partial charge in [0.2, 0.25) is 0 Å². The van der Waals surface area contributed by atoms with Crippen molar-refractivity contribution in [1.82, 2.24) is 5.32 Å². The van der Waals surface area contributed by atoms with Crippen molar-refractivity contribution in [2.24, 2.45) is 0 Å². The molecule has 0 aliphatic rings. The Bertz CT molecular complexity index is 155. The predicted molar refractivity (Wildman–Crippen MR) is 49.4 cm³/mol. The summed E-state index contributed by atoms with van der Waals surface area (Å²) in [6.07, 6.45) is -0.650. The third-order valence-corrected chi connectivity index (χ3v) is 1.94. The van der Waals surface area contributed by atoms with Crippen LogP contribution < -0.4 is 5.32 Å². The van der Waals surface area contributed by atoms with E-state index >= 15 is 0 Å². The molecule has 15 heavy (non-hydrogen) atoms. The number of aliphatic hydroxyl groups is 1. The van der Waals surface area contributed by atoms with Crippen molar-refractivity contribution in [3.8, 4) is 0 Å². The van der Waals surface area contributed by atoms with E-state index in [-0.39, 0.29) is 6.61 Å². The van der Waals surface area contributed by atoms with Crippen LogP contribution in [0.5, 0.6) is 0 Å². The van der Waals surface area contributed by atoms with E-state index in [1.54, 1.807) is 0 Å². The number of hydrogen-bond donors (Lipinski definition) is 2. The maximum Gasteiger partial charge on any atom is 0.319 e. The first kappa shape index (κ1) is 14.6. The molecule has 0 radical (unpaired) electrons. The summed E-state index contributed by atoms with van der Waals surface area (Å²) in [6, 6.07) is 0. The van der Waals surface area contributed by atoms with Crippen molar-refractivity contribution < 1.29 is 22.7 Å². The van der Waals surface area contributed by atoms with E-state index in [9.17, 15) is 17.6 Å². The average Bonchev–Trinajstić information content (AvgIpc) is 2.16. The van der Waals surface area contributed by atoms with Gasteiger partial charge in [-0.1, -0.05) is 12.8 Å². The molecule has 2 nitrogen and oxygen atoms in total. The van der Waals surface area contributed by atoms with Crippen LogP contribution in [-0.2, 0) is 0 Å². The summed E-state index contributed by atoms with van der Waals surface area (Å²) in [5, 5.41) is 10.7. The van der Waals surface area contributed by atoms with Crippen LogP contribution >= 0.6 is 0 Å². The molecule has 0 amide bonds. The van der Waals surface area contributed by atoms with Gasteiger partial charge in [-0.25, -0.2) is 8.78 Å². The Kier molecular flexibility index (Phi) is 7.68. The zero-order chi connectivity index (χ0) is 11.7. The van der Waals surface area contributed by atoms with Crippen LogP contribution in [0.4, 0.5) is 17.6 Å². The third kappa shape index (κ3) is 7.56. The van der Waals surface area contributed by atoms with Crippen molar-refractivity contribution in [2.75, 3.05) is 19.7 Å². The van der Waals surface area contributed by atoms with Crippen molar-refractivity contribution in [3.05, 3.63) is 0 Å². The first-order valence-corrected chi connectivity index (χ1v) is 4.98. The Morgan fingerprint density at radius 1 is 1.07 bits per heavy atom. The number of halogens is 4. The minimum absolute atomic E-state index is 0.122. The highest BCUT2D eigenvalue weighted by molar-refractivity contribution is 4.71. The lowest BCUT2D eigenvalue weighted by Crippen LogP contribution is -2.39. The molecule has 0 bridgehead atoms. The molecule has 2 N–H and O–H groups in total. The molecule has 0 aromatic rings. The van der Waals surface area contributed by atoms with Gasteiger partial charge in [0.05, 0.1) is 6.54 Å². The second-order valence-corrected chi connectivity index (χ2v) is 3.38. The lowest BCUT2D eigenvalue weighted by Gasteiger charge is -2.15. The number of aliphatic hydroxyl groups excluding tert-OH is 1. The molecule has 0 aromatic heterocycles. The molecule has 0 unspecified atom stereocenters. The predicted octanol–water partition coefficient (Wildman–Crippen LogP) is 2.03. The highest BCUT2D eigenvalue weighted by Crippen LogP contribution is 2.21. The molecule has 0 heterocycles. The Hall–Kier alpha value is -0.360. The third-order valence-electron chi connectivity index (χ3n) is 1.94. The standard InChI is InChI=1S/C9H17F4NO/c10-8(11)9(12,13)7-14-5-3-1-2-4-6-15/h8,14-15H,1-7H2. The monoisotopic (exact) mass is 231 g/mol. The molecule has 0 fully saturated rings. The number of hydrogen-bond acceptors (Lipinski definition) is 2. The zero-order valence-corrected chi connectivity index (χ0v) is 8.49. The summed E-state index contributed by atoms with van der Waals surface area (Å²) < 4.78 is 48.0. The fourth-order valence-electron chi connectivity index (χ4n) is 1.05. The van der Waals surface area contributed by atoms with Gasteiger partial charge in [0.1, 0.15) is 0 Å². The smallest absolute Gasteiger partial charge is 0.319 e. The van der Waals surface area contributed by atoms with Crippen LogP contribution in [0, 0.1) is 0 Å². The van der Waals surface area contributed by atoms with E-state index in [0.29, 0.717) is 19.4 Å². The van der Waals surface area contributed by atoms with E-state index in [1.807, 2.05) is 0 Å². The molecule has 92 valence electrons. The van der Waals surface area contributed by atoms with Gasteiger partial charge < -0.3 is 10.4 Å². The van der Waals surface area contributed by atoms with E-state index in [2.05, 4.69) is 5.32 Å². The first-order valence-electron chi connectivity index (χ1n) is 4.98. The van der Waals surface area contributed by atoms with Gasteiger partial charge in [0.15, 0.2) is 0 Å². The van der Waals surface area contributed by atoms with Crippen LogP contribution in [-0.4, -0.2) is 37.2 Å². The summed E-state index contributed by atoms with van der Waals surface area (Å²) in [5.74, 6) is -3.94. The summed E-state index contributed by atoms with van der Waals surface area (Å²) in [5.41, 5.74) is 0. The average molecular weight is 231 g/mol. The maximum absolute atomic E-state index is 12.3. The van der Waals surface area contributed by atoms with E-state index in [0.717, 1.165) is 12.8 Å². The molecular weight excluding hydrogens is 214 g/mol. The molecule has 0 rings (SSSR count). The molecule has 6 heteroatoms. The summed E-state index contributed by atoms with van der Waals surface area (Å²) >= 11 is 0.